The molecule has 0 saturated heterocycles. The SMILES string of the molecule is CCCCCCCCCCCCCCCCCCCCC(C)OC(C)=O. The molecule has 1 unspecified atom stereocenters. The van der Waals surface area contributed by atoms with Crippen LogP contribution in [-0.2, 0) is 9.53 Å². The average molecular weight is 369 g/mol. The lowest BCUT2D eigenvalue weighted by Crippen LogP contribution is -2.11. The van der Waals surface area contributed by atoms with E-state index in [2.05, 4.69) is 6.92 Å². The van der Waals surface area contributed by atoms with Crippen molar-refractivity contribution in [3.63, 3.8) is 0 Å². The van der Waals surface area contributed by atoms with Crippen molar-refractivity contribution in [1.29, 1.82) is 0 Å². The van der Waals surface area contributed by atoms with E-state index >= 15 is 0 Å². The molecule has 0 aliphatic carbocycles. The van der Waals surface area contributed by atoms with Crippen LogP contribution in [0.25, 0.3) is 0 Å². The fourth-order valence-corrected chi connectivity index (χ4v) is 3.68. The molecule has 0 aromatic rings. The Morgan fingerprint density at radius 1 is 0.615 bits per heavy atom. The minimum Gasteiger partial charge on any atom is -0.463 e. The molecule has 2 heteroatoms. The van der Waals surface area contributed by atoms with Crippen LogP contribution in [0, 0.1) is 0 Å². The van der Waals surface area contributed by atoms with Gasteiger partial charge in [0.25, 0.3) is 0 Å². The molecule has 2 nitrogen and oxygen atoms in total. The van der Waals surface area contributed by atoms with Gasteiger partial charge in [0.15, 0.2) is 0 Å². The molecular weight excluding hydrogens is 320 g/mol. The highest BCUT2D eigenvalue weighted by Gasteiger charge is 2.04. The van der Waals surface area contributed by atoms with Gasteiger partial charge in [-0.2, -0.15) is 0 Å². The lowest BCUT2D eigenvalue weighted by atomic mass is 10.0. The standard InChI is InChI=1S/C24H48O2/c1-4-5-6-7-8-9-10-11-12-13-14-15-16-17-18-19-20-21-22-23(2)26-24(3)25/h23H,4-22H2,1-3H3. The Hall–Kier alpha value is -0.530. The second-order valence-electron chi connectivity index (χ2n) is 8.22. The van der Waals surface area contributed by atoms with Crippen LogP contribution in [-0.4, -0.2) is 12.1 Å². The van der Waals surface area contributed by atoms with Gasteiger partial charge in [-0.25, -0.2) is 0 Å². The summed E-state index contributed by atoms with van der Waals surface area (Å²) in [5.74, 6) is -0.153. The summed E-state index contributed by atoms with van der Waals surface area (Å²) in [4.78, 5) is 10.8. The van der Waals surface area contributed by atoms with Crippen molar-refractivity contribution in [2.75, 3.05) is 0 Å². The van der Waals surface area contributed by atoms with Crippen molar-refractivity contribution in [3.8, 4) is 0 Å². The van der Waals surface area contributed by atoms with E-state index in [0.29, 0.717) is 0 Å². The molecule has 1 atom stereocenters. The number of unbranched alkanes of at least 4 members (excludes halogenated alkanes) is 17. The highest BCUT2D eigenvalue weighted by Crippen LogP contribution is 2.15. The van der Waals surface area contributed by atoms with Gasteiger partial charge in [-0.05, 0) is 19.8 Å². The van der Waals surface area contributed by atoms with Crippen LogP contribution in [0.5, 0.6) is 0 Å². The molecule has 0 spiro atoms. The van der Waals surface area contributed by atoms with E-state index < -0.39 is 0 Å². The fourth-order valence-electron chi connectivity index (χ4n) is 3.68. The second kappa shape index (κ2) is 20.8. The third kappa shape index (κ3) is 21.5. The van der Waals surface area contributed by atoms with Crippen molar-refractivity contribution in [1.82, 2.24) is 0 Å². The smallest absolute Gasteiger partial charge is 0.302 e. The van der Waals surface area contributed by atoms with Gasteiger partial charge in [0.05, 0.1) is 6.10 Å². The zero-order valence-electron chi connectivity index (χ0n) is 18.3. The first-order chi connectivity index (χ1) is 12.7. The monoisotopic (exact) mass is 368 g/mol. The summed E-state index contributed by atoms with van der Waals surface area (Å²) in [6, 6.07) is 0. The quantitative estimate of drug-likeness (QED) is 0.159. The van der Waals surface area contributed by atoms with Crippen molar-refractivity contribution >= 4 is 5.97 Å². The molecule has 0 amide bonds. The molecule has 0 bridgehead atoms. The number of rotatable bonds is 20. The van der Waals surface area contributed by atoms with Gasteiger partial charge < -0.3 is 4.74 Å². The third-order valence-corrected chi connectivity index (χ3v) is 5.33. The number of carbonyl (C=O) groups is 1. The molecule has 0 aliphatic rings. The molecule has 26 heavy (non-hydrogen) atoms. The topological polar surface area (TPSA) is 26.3 Å². The van der Waals surface area contributed by atoms with E-state index in [1.54, 1.807) is 0 Å². The summed E-state index contributed by atoms with van der Waals surface area (Å²) in [6.45, 7) is 5.78. The number of esters is 1. The minimum absolute atomic E-state index is 0.0913. The molecule has 0 aliphatic heterocycles. The van der Waals surface area contributed by atoms with Gasteiger partial charge in [-0.15, -0.1) is 0 Å². The summed E-state index contributed by atoms with van der Waals surface area (Å²) < 4.78 is 5.14. The van der Waals surface area contributed by atoms with Crippen molar-refractivity contribution < 1.29 is 9.53 Å². The van der Waals surface area contributed by atoms with E-state index in [1.807, 2.05) is 6.92 Å². The molecule has 156 valence electrons. The minimum atomic E-state index is -0.153. The van der Waals surface area contributed by atoms with Crippen LogP contribution in [0.1, 0.15) is 143 Å². The van der Waals surface area contributed by atoms with Crippen molar-refractivity contribution in [3.05, 3.63) is 0 Å². The maximum absolute atomic E-state index is 10.8. The molecule has 0 N–H and O–H groups in total. The van der Waals surface area contributed by atoms with Crippen LogP contribution in [0.4, 0.5) is 0 Å². The predicted octanol–water partition coefficient (Wildman–Crippen LogP) is 8.37. The highest BCUT2D eigenvalue weighted by atomic mass is 16.5. The van der Waals surface area contributed by atoms with Crippen LogP contribution < -0.4 is 0 Å². The Labute approximate surface area is 164 Å². The molecule has 0 aromatic carbocycles. The van der Waals surface area contributed by atoms with E-state index in [9.17, 15) is 4.79 Å². The largest absolute Gasteiger partial charge is 0.463 e. The zero-order chi connectivity index (χ0) is 19.3. The Balaban J connectivity index is 3.06. The Kier molecular flexibility index (Phi) is 20.4. The van der Waals surface area contributed by atoms with Crippen LogP contribution in [0.15, 0.2) is 0 Å². The maximum Gasteiger partial charge on any atom is 0.302 e. The summed E-state index contributed by atoms with van der Waals surface area (Å²) in [5, 5.41) is 0. The zero-order valence-corrected chi connectivity index (χ0v) is 18.3. The summed E-state index contributed by atoms with van der Waals surface area (Å²) in [7, 11) is 0. The van der Waals surface area contributed by atoms with E-state index in [0.717, 1.165) is 6.42 Å². The van der Waals surface area contributed by atoms with Gasteiger partial charge in [-0.3, -0.25) is 4.79 Å². The summed E-state index contributed by atoms with van der Waals surface area (Å²) >= 11 is 0. The van der Waals surface area contributed by atoms with Crippen LogP contribution in [0.2, 0.25) is 0 Å². The number of hydrogen-bond donors (Lipinski definition) is 0. The van der Waals surface area contributed by atoms with Gasteiger partial charge in [-0.1, -0.05) is 116 Å². The third-order valence-electron chi connectivity index (χ3n) is 5.33. The van der Waals surface area contributed by atoms with Gasteiger partial charge in [0.1, 0.15) is 0 Å². The van der Waals surface area contributed by atoms with E-state index in [1.165, 1.54) is 122 Å². The van der Waals surface area contributed by atoms with Gasteiger partial charge in [0, 0.05) is 6.92 Å². The second-order valence-corrected chi connectivity index (χ2v) is 8.22. The Bertz CT molecular complexity index is 288. The van der Waals surface area contributed by atoms with Gasteiger partial charge in [0.2, 0.25) is 0 Å². The molecule has 0 radical (unpaired) electrons. The first-order valence-corrected chi connectivity index (χ1v) is 11.8. The van der Waals surface area contributed by atoms with Crippen LogP contribution in [0.3, 0.4) is 0 Å². The number of ether oxygens (including phenoxy) is 1. The molecule has 0 rings (SSSR count). The summed E-state index contributed by atoms with van der Waals surface area (Å²) in [5.41, 5.74) is 0. The van der Waals surface area contributed by atoms with Crippen LogP contribution >= 0.6 is 0 Å². The number of carbonyl (C=O) groups excluding carboxylic acids is 1. The Morgan fingerprint density at radius 3 is 1.23 bits per heavy atom. The normalized spacial score (nSPS) is 12.3. The molecular formula is C24H48O2. The van der Waals surface area contributed by atoms with Crippen molar-refractivity contribution in [2.45, 2.75) is 149 Å². The highest BCUT2D eigenvalue weighted by molar-refractivity contribution is 5.66. The molecule has 0 fully saturated rings. The lowest BCUT2D eigenvalue weighted by molar-refractivity contribution is -0.145. The van der Waals surface area contributed by atoms with E-state index in [4.69, 9.17) is 4.74 Å². The fraction of sp³-hybridized carbons (Fsp3) is 0.958. The average Bonchev–Trinajstić information content (AvgIpc) is 2.60. The molecule has 0 heterocycles. The first-order valence-electron chi connectivity index (χ1n) is 11.8. The van der Waals surface area contributed by atoms with E-state index in [-0.39, 0.29) is 12.1 Å². The molecule has 0 aromatic heterocycles. The maximum atomic E-state index is 10.8. The Morgan fingerprint density at radius 2 is 0.923 bits per heavy atom. The lowest BCUT2D eigenvalue weighted by Gasteiger charge is -2.11. The van der Waals surface area contributed by atoms with Gasteiger partial charge >= 0.3 is 5.97 Å². The molecule has 0 saturated carbocycles. The summed E-state index contributed by atoms with van der Waals surface area (Å²) in [6.07, 6.45) is 26.4. The number of hydrogen-bond acceptors (Lipinski definition) is 2. The first kappa shape index (κ1) is 25.5. The van der Waals surface area contributed by atoms with Crippen molar-refractivity contribution in [2.24, 2.45) is 0 Å². The predicted molar refractivity (Wildman–Crippen MR) is 115 cm³/mol.